The van der Waals surface area contributed by atoms with E-state index < -0.39 is 0 Å². The number of nitrogens with one attached hydrogen (secondary N) is 1. The number of amides is 1. The number of fused-ring (bicyclic) bond motifs is 2. The quantitative estimate of drug-likeness (QED) is 0.201. The molecule has 2 heterocycles. The molecule has 0 radical (unpaired) electrons. The molecule has 0 bridgehead atoms. The number of nitrogens with zero attached hydrogens (tertiary/aromatic N) is 2. The molecule has 5 aromatic rings. The first-order valence-corrected chi connectivity index (χ1v) is 15.4. The van der Waals surface area contributed by atoms with Crippen LogP contribution in [0.3, 0.4) is 0 Å². The van der Waals surface area contributed by atoms with Gasteiger partial charge in [-0.15, -0.1) is 11.3 Å². The van der Waals surface area contributed by atoms with Gasteiger partial charge in [-0.3, -0.25) is 4.79 Å². The van der Waals surface area contributed by atoms with Crippen LogP contribution in [0.2, 0.25) is 0 Å². The van der Waals surface area contributed by atoms with E-state index in [4.69, 9.17) is 4.99 Å². The average Bonchev–Trinajstić information content (AvgIpc) is 3.47. The van der Waals surface area contributed by atoms with Gasteiger partial charge in [0.05, 0.1) is 5.56 Å². The van der Waals surface area contributed by atoms with Gasteiger partial charge in [-0.25, -0.2) is 9.38 Å². The third kappa shape index (κ3) is 5.56. The maximum atomic E-state index is 13.8. The fourth-order valence-electron chi connectivity index (χ4n) is 6.07. The van der Waals surface area contributed by atoms with E-state index >= 15 is 0 Å². The van der Waals surface area contributed by atoms with E-state index in [1.165, 1.54) is 17.0 Å². The molecule has 3 aromatic carbocycles. The summed E-state index contributed by atoms with van der Waals surface area (Å²) in [5.41, 5.74) is 7.08. The number of anilines is 1. The lowest BCUT2D eigenvalue weighted by Crippen LogP contribution is -2.27. The summed E-state index contributed by atoms with van der Waals surface area (Å²) in [6, 6.07) is 24.6. The number of hydrogen-bond donors (Lipinski definition) is 1. The molecular weight excluding hydrogens is 541 g/mol. The summed E-state index contributed by atoms with van der Waals surface area (Å²) >= 11 is 1.66. The number of aromatic nitrogens is 1. The summed E-state index contributed by atoms with van der Waals surface area (Å²) in [6.45, 7) is 9.66. The molecule has 42 heavy (non-hydrogen) atoms. The standard InChI is InChI=1S/C36H36FN3OS/c1-23-30(28-12-8-9-13-31(28)40(23)22-24-14-17-26(37)18-15-24)21-38-35-33(34(41)39-27-10-6-5-7-11-27)29-19-16-25(36(2,3)4)20-32(29)42-35/h5-15,17-18,21,25H,16,19-20,22H2,1-4H3,(H,39,41)/t25-/m0/s1. The third-order valence-electron chi connectivity index (χ3n) is 8.57. The van der Waals surface area contributed by atoms with E-state index in [9.17, 15) is 9.18 Å². The van der Waals surface area contributed by atoms with E-state index in [-0.39, 0.29) is 17.1 Å². The second-order valence-corrected chi connectivity index (χ2v) is 13.4. The van der Waals surface area contributed by atoms with Crippen molar-refractivity contribution in [1.29, 1.82) is 0 Å². The van der Waals surface area contributed by atoms with Crippen molar-refractivity contribution in [3.63, 3.8) is 0 Å². The van der Waals surface area contributed by atoms with E-state index in [0.29, 0.717) is 18.0 Å². The van der Waals surface area contributed by atoms with Crippen molar-refractivity contribution in [2.75, 3.05) is 5.32 Å². The van der Waals surface area contributed by atoms with Gasteiger partial charge in [0, 0.05) is 45.5 Å². The van der Waals surface area contributed by atoms with Crippen LogP contribution in [0.4, 0.5) is 15.1 Å². The zero-order valence-corrected chi connectivity index (χ0v) is 25.4. The lowest BCUT2D eigenvalue weighted by molar-refractivity contribution is 0.102. The van der Waals surface area contributed by atoms with Crippen molar-refractivity contribution in [2.45, 2.75) is 53.5 Å². The highest BCUT2D eigenvalue weighted by molar-refractivity contribution is 7.16. The zero-order valence-electron chi connectivity index (χ0n) is 24.6. The fourth-order valence-corrected chi connectivity index (χ4v) is 7.34. The van der Waals surface area contributed by atoms with E-state index in [1.54, 1.807) is 11.3 Å². The van der Waals surface area contributed by atoms with Gasteiger partial charge >= 0.3 is 0 Å². The van der Waals surface area contributed by atoms with Gasteiger partial charge in [0.25, 0.3) is 5.91 Å². The summed E-state index contributed by atoms with van der Waals surface area (Å²) in [5, 5.41) is 4.98. The Hall–Kier alpha value is -4.03. The molecule has 1 atom stereocenters. The molecule has 0 unspecified atom stereocenters. The molecule has 6 heteroatoms. The first-order valence-electron chi connectivity index (χ1n) is 14.6. The number of para-hydroxylation sites is 2. The van der Waals surface area contributed by atoms with Crippen molar-refractivity contribution < 1.29 is 9.18 Å². The highest BCUT2D eigenvalue weighted by atomic mass is 32.1. The molecular formula is C36H36FN3OS. The molecule has 1 N–H and O–H groups in total. The molecule has 4 nitrogen and oxygen atoms in total. The monoisotopic (exact) mass is 577 g/mol. The maximum absolute atomic E-state index is 13.8. The van der Waals surface area contributed by atoms with Crippen molar-refractivity contribution in [3.8, 4) is 0 Å². The Morgan fingerprint density at radius 3 is 2.50 bits per heavy atom. The van der Waals surface area contributed by atoms with E-state index in [2.05, 4.69) is 49.7 Å². The lowest BCUT2D eigenvalue weighted by atomic mass is 9.72. The molecule has 1 amide bonds. The molecule has 1 aliphatic carbocycles. The molecule has 0 saturated carbocycles. The van der Waals surface area contributed by atoms with E-state index in [1.807, 2.05) is 60.8 Å². The van der Waals surface area contributed by atoms with Crippen molar-refractivity contribution in [1.82, 2.24) is 4.57 Å². The van der Waals surface area contributed by atoms with Crippen LogP contribution in [-0.2, 0) is 19.4 Å². The number of halogens is 1. The third-order valence-corrected chi connectivity index (χ3v) is 9.74. The molecule has 0 aliphatic heterocycles. The van der Waals surface area contributed by atoms with Gasteiger partial charge in [0.2, 0.25) is 0 Å². The highest BCUT2D eigenvalue weighted by Crippen LogP contribution is 2.45. The Labute approximate surface area is 250 Å². The predicted molar refractivity (Wildman–Crippen MR) is 173 cm³/mol. The lowest BCUT2D eigenvalue weighted by Gasteiger charge is -2.33. The highest BCUT2D eigenvalue weighted by Gasteiger charge is 2.33. The predicted octanol–water partition coefficient (Wildman–Crippen LogP) is 9.35. The van der Waals surface area contributed by atoms with Crippen LogP contribution in [0.15, 0.2) is 83.9 Å². The SMILES string of the molecule is Cc1c(C=Nc2sc3c(c2C(=O)Nc2ccccc2)CC[C@H](C(C)(C)C)C3)c2ccccc2n1Cc1ccc(F)cc1. The number of rotatable bonds is 6. The van der Waals surface area contributed by atoms with Crippen LogP contribution < -0.4 is 5.32 Å². The van der Waals surface area contributed by atoms with Gasteiger partial charge in [-0.05, 0) is 79.0 Å². The number of carbonyl (C=O) groups is 1. The number of benzene rings is 3. The Morgan fingerprint density at radius 2 is 1.76 bits per heavy atom. The fraction of sp³-hybridized carbons (Fsp3) is 0.278. The van der Waals surface area contributed by atoms with Crippen molar-refractivity contribution >= 4 is 45.0 Å². The first kappa shape index (κ1) is 28.1. The Bertz CT molecular complexity index is 1770. The normalized spacial score (nSPS) is 15.3. The molecule has 0 spiro atoms. The minimum atomic E-state index is -0.236. The van der Waals surface area contributed by atoms with Gasteiger partial charge in [-0.2, -0.15) is 0 Å². The number of thiophene rings is 1. The Kier molecular flexibility index (Phi) is 7.58. The average molecular weight is 578 g/mol. The Morgan fingerprint density at radius 1 is 1.05 bits per heavy atom. The second kappa shape index (κ2) is 11.3. The molecule has 214 valence electrons. The molecule has 2 aromatic heterocycles. The van der Waals surface area contributed by atoms with E-state index in [0.717, 1.165) is 63.2 Å². The largest absolute Gasteiger partial charge is 0.340 e. The van der Waals surface area contributed by atoms with Gasteiger partial charge in [0.15, 0.2) is 0 Å². The van der Waals surface area contributed by atoms with Crippen LogP contribution in [-0.4, -0.2) is 16.7 Å². The number of carbonyl (C=O) groups excluding carboxylic acids is 1. The van der Waals surface area contributed by atoms with Gasteiger partial charge in [0.1, 0.15) is 10.8 Å². The Balaban J connectivity index is 1.40. The van der Waals surface area contributed by atoms with Crippen LogP contribution >= 0.6 is 11.3 Å². The van der Waals surface area contributed by atoms with Crippen LogP contribution in [0, 0.1) is 24.1 Å². The molecule has 0 fully saturated rings. The van der Waals surface area contributed by atoms with Crippen molar-refractivity contribution in [3.05, 3.63) is 118 Å². The summed E-state index contributed by atoms with van der Waals surface area (Å²) in [5.74, 6) is 0.230. The van der Waals surface area contributed by atoms with Crippen molar-refractivity contribution in [2.24, 2.45) is 16.3 Å². The minimum absolute atomic E-state index is 0.101. The summed E-state index contributed by atoms with van der Waals surface area (Å²) in [6.07, 6.45) is 4.85. The smallest absolute Gasteiger partial charge is 0.259 e. The molecule has 1 aliphatic rings. The topological polar surface area (TPSA) is 46.4 Å². The van der Waals surface area contributed by atoms with Crippen LogP contribution in [0.25, 0.3) is 10.9 Å². The minimum Gasteiger partial charge on any atom is -0.340 e. The summed E-state index contributed by atoms with van der Waals surface area (Å²) in [4.78, 5) is 20.1. The molecule has 0 saturated heterocycles. The van der Waals surface area contributed by atoms with Crippen LogP contribution in [0.1, 0.15) is 64.8 Å². The maximum Gasteiger partial charge on any atom is 0.259 e. The van der Waals surface area contributed by atoms with Gasteiger partial charge < -0.3 is 9.88 Å². The number of hydrogen-bond acceptors (Lipinski definition) is 3. The number of aliphatic imine (C=N–C) groups is 1. The molecule has 6 rings (SSSR count). The second-order valence-electron chi connectivity index (χ2n) is 12.3. The van der Waals surface area contributed by atoms with Gasteiger partial charge in [-0.1, -0.05) is 69.3 Å². The first-order chi connectivity index (χ1) is 20.2. The van der Waals surface area contributed by atoms with Crippen LogP contribution in [0.5, 0.6) is 0 Å². The zero-order chi connectivity index (χ0) is 29.4. The summed E-state index contributed by atoms with van der Waals surface area (Å²) < 4.78 is 15.8. The summed E-state index contributed by atoms with van der Waals surface area (Å²) in [7, 11) is 0.